The van der Waals surface area contributed by atoms with Crippen molar-refractivity contribution < 1.29 is 24.2 Å². The second kappa shape index (κ2) is 7.07. The second-order valence-corrected chi connectivity index (χ2v) is 7.00. The molecule has 1 N–H and O–H groups in total. The number of benzene rings is 1. The smallest absolute Gasteiger partial charge is 0.331 e. The molecule has 130 valence electrons. The average Bonchev–Trinajstić information content (AvgIpc) is 2.64. The Morgan fingerprint density at radius 3 is 2.58 bits per heavy atom. The third-order valence-electron chi connectivity index (χ3n) is 3.90. The molecule has 5 heteroatoms. The fourth-order valence-electron chi connectivity index (χ4n) is 2.90. The van der Waals surface area contributed by atoms with Crippen molar-refractivity contribution in [3.8, 4) is 5.75 Å². The highest BCUT2D eigenvalue weighted by Gasteiger charge is 2.28. The van der Waals surface area contributed by atoms with E-state index in [4.69, 9.17) is 9.47 Å². The van der Waals surface area contributed by atoms with Crippen LogP contribution in [0, 0.1) is 0 Å². The molecule has 1 aromatic carbocycles. The van der Waals surface area contributed by atoms with Crippen LogP contribution in [0.3, 0.4) is 0 Å². The number of hydrogen-bond donors (Lipinski definition) is 1. The van der Waals surface area contributed by atoms with Gasteiger partial charge < -0.3 is 14.6 Å². The zero-order valence-electron chi connectivity index (χ0n) is 14.6. The summed E-state index contributed by atoms with van der Waals surface area (Å²) >= 11 is 0. The van der Waals surface area contributed by atoms with Crippen molar-refractivity contribution in [3.63, 3.8) is 0 Å². The fraction of sp³-hybridized carbons (Fsp3) is 0.474. The Morgan fingerprint density at radius 1 is 1.25 bits per heavy atom. The first kappa shape index (κ1) is 18.0. The number of aromatic hydroxyl groups is 1. The Labute approximate surface area is 142 Å². The van der Waals surface area contributed by atoms with Crippen LogP contribution in [0.1, 0.15) is 50.7 Å². The molecule has 2 rings (SSSR count). The summed E-state index contributed by atoms with van der Waals surface area (Å²) in [5.74, 6) is -1.08. The lowest BCUT2D eigenvalue weighted by Crippen LogP contribution is -2.23. The van der Waals surface area contributed by atoms with E-state index in [-0.39, 0.29) is 11.7 Å². The molecule has 1 atom stereocenters. The third kappa shape index (κ3) is 4.60. The zero-order chi connectivity index (χ0) is 17.9. The maximum atomic E-state index is 12.2. The molecule has 1 aliphatic carbocycles. The minimum atomic E-state index is -0.560. The summed E-state index contributed by atoms with van der Waals surface area (Å²) in [6, 6.07) is 4.99. The number of allylic oxidation sites excluding steroid dienone is 1. The van der Waals surface area contributed by atoms with Crippen LogP contribution in [-0.4, -0.2) is 29.8 Å². The van der Waals surface area contributed by atoms with Crippen LogP contribution >= 0.6 is 0 Å². The molecule has 1 unspecified atom stereocenters. The van der Waals surface area contributed by atoms with Crippen molar-refractivity contribution in [1.82, 2.24) is 0 Å². The first-order chi connectivity index (χ1) is 11.2. The average molecular weight is 332 g/mol. The maximum Gasteiger partial charge on any atom is 0.331 e. The number of aryl methyl sites for hydroxylation is 1. The summed E-state index contributed by atoms with van der Waals surface area (Å²) in [6.07, 6.45) is 3.16. The Bertz CT molecular complexity index is 667. The molecule has 24 heavy (non-hydrogen) atoms. The Balaban J connectivity index is 2.31. The molecule has 0 radical (unpaired) electrons. The predicted octanol–water partition coefficient (Wildman–Crippen LogP) is 3.25. The van der Waals surface area contributed by atoms with Gasteiger partial charge in [0.25, 0.3) is 0 Å². The number of ether oxygens (including phenoxy) is 2. The predicted molar refractivity (Wildman–Crippen MR) is 89.7 cm³/mol. The van der Waals surface area contributed by atoms with Gasteiger partial charge in [0.2, 0.25) is 0 Å². The Kier molecular flexibility index (Phi) is 5.32. The number of rotatable bonds is 2. The van der Waals surface area contributed by atoms with Crippen molar-refractivity contribution in [3.05, 3.63) is 41.0 Å². The van der Waals surface area contributed by atoms with Gasteiger partial charge in [0.15, 0.2) is 0 Å². The second-order valence-electron chi connectivity index (χ2n) is 7.00. The van der Waals surface area contributed by atoms with Gasteiger partial charge >= 0.3 is 11.9 Å². The molecule has 0 heterocycles. The third-order valence-corrected chi connectivity index (χ3v) is 3.90. The highest BCUT2D eigenvalue weighted by molar-refractivity contribution is 5.84. The summed E-state index contributed by atoms with van der Waals surface area (Å²) in [7, 11) is 1.35. The van der Waals surface area contributed by atoms with Crippen LogP contribution < -0.4 is 0 Å². The summed E-state index contributed by atoms with van der Waals surface area (Å²) in [5, 5.41) is 9.70. The quantitative estimate of drug-likeness (QED) is 0.511. The van der Waals surface area contributed by atoms with Gasteiger partial charge in [0, 0.05) is 6.08 Å². The van der Waals surface area contributed by atoms with Crippen molar-refractivity contribution in [1.29, 1.82) is 0 Å². The number of esters is 2. The van der Waals surface area contributed by atoms with E-state index in [0.29, 0.717) is 19.3 Å². The molecule has 0 bridgehead atoms. The van der Waals surface area contributed by atoms with Crippen LogP contribution in [0.25, 0.3) is 0 Å². The molecule has 0 saturated carbocycles. The first-order valence-corrected chi connectivity index (χ1v) is 8.01. The number of carbonyl (C=O) groups excluding carboxylic acids is 2. The maximum absolute atomic E-state index is 12.2. The minimum absolute atomic E-state index is 0.164. The van der Waals surface area contributed by atoms with Gasteiger partial charge in [-0.05, 0) is 63.3 Å². The molecule has 0 fully saturated rings. The molecular weight excluding hydrogens is 308 g/mol. The van der Waals surface area contributed by atoms with Gasteiger partial charge in [-0.15, -0.1) is 0 Å². The molecule has 0 aromatic heterocycles. The lowest BCUT2D eigenvalue weighted by atomic mass is 9.91. The van der Waals surface area contributed by atoms with Gasteiger partial charge in [-0.1, -0.05) is 11.6 Å². The van der Waals surface area contributed by atoms with Crippen LogP contribution in [0.4, 0.5) is 0 Å². The van der Waals surface area contributed by atoms with Gasteiger partial charge in [-0.3, -0.25) is 4.79 Å². The van der Waals surface area contributed by atoms with Crippen LogP contribution in [0.2, 0.25) is 0 Å². The van der Waals surface area contributed by atoms with Crippen molar-refractivity contribution >= 4 is 11.9 Å². The van der Waals surface area contributed by atoms with E-state index in [1.165, 1.54) is 13.2 Å². The fourth-order valence-corrected chi connectivity index (χ4v) is 2.90. The topological polar surface area (TPSA) is 72.8 Å². The molecular formula is C19H24O5. The molecule has 0 spiro atoms. The van der Waals surface area contributed by atoms with Crippen LogP contribution in [-0.2, 0) is 25.5 Å². The number of carbonyl (C=O) groups is 2. The van der Waals surface area contributed by atoms with E-state index < -0.39 is 17.5 Å². The normalized spacial score (nSPS) is 19.3. The van der Waals surface area contributed by atoms with Gasteiger partial charge in [-0.25, -0.2) is 4.79 Å². The zero-order valence-corrected chi connectivity index (χ0v) is 14.6. The standard InChI is InChI=1S/C19H24O5/c1-19(2,3)24-17(21)10-12-5-6-13-11-14(20)7-8-15(13)16(9-12)18(22)23-4/h7-8,10-11,16,20H,5-6,9H2,1-4H3. The highest BCUT2D eigenvalue weighted by Crippen LogP contribution is 2.35. The molecule has 5 nitrogen and oxygen atoms in total. The minimum Gasteiger partial charge on any atom is -0.508 e. The lowest BCUT2D eigenvalue weighted by molar-refractivity contribution is -0.148. The van der Waals surface area contributed by atoms with E-state index in [1.54, 1.807) is 18.2 Å². The summed E-state index contributed by atoms with van der Waals surface area (Å²) in [4.78, 5) is 24.3. The Hall–Kier alpha value is -2.30. The summed E-state index contributed by atoms with van der Waals surface area (Å²) in [5.41, 5.74) is 2.02. The SMILES string of the molecule is COC(=O)C1CC(=CC(=O)OC(C)(C)C)CCc2cc(O)ccc21. The largest absolute Gasteiger partial charge is 0.508 e. The number of hydrogen-bond acceptors (Lipinski definition) is 5. The van der Waals surface area contributed by atoms with Crippen molar-refractivity contribution in [2.75, 3.05) is 7.11 Å². The van der Waals surface area contributed by atoms with E-state index in [2.05, 4.69) is 0 Å². The first-order valence-electron chi connectivity index (χ1n) is 8.01. The van der Waals surface area contributed by atoms with Crippen LogP contribution in [0.15, 0.2) is 29.8 Å². The van der Waals surface area contributed by atoms with Gasteiger partial charge in [0.05, 0.1) is 13.0 Å². The lowest BCUT2D eigenvalue weighted by Gasteiger charge is -2.19. The number of methoxy groups -OCH3 is 1. The Morgan fingerprint density at radius 2 is 1.96 bits per heavy atom. The molecule has 0 amide bonds. The molecule has 0 aliphatic heterocycles. The van der Waals surface area contributed by atoms with E-state index >= 15 is 0 Å². The van der Waals surface area contributed by atoms with Gasteiger partial charge in [-0.2, -0.15) is 0 Å². The number of phenols is 1. The van der Waals surface area contributed by atoms with Crippen molar-refractivity contribution in [2.24, 2.45) is 0 Å². The summed E-state index contributed by atoms with van der Waals surface area (Å²) in [6.45, 7) is 5.44. The highest BCUT2D eigenvalue weighted by atomic mass is 16.6. The monoisotopic (exact) mass is 332 g/mol. The van der Waals surface area contributed by atoms with Crippen molar-refractivity contribution in [2.45, 2.75) is 51.6 Å². The van der Waals surface area contributed by atoms with E-state index in [0.717, 1.165) is 16.7 Å². The van der Waals surface area contributed by atoms with Crippen LogP contribution in [0.5, 0.6) is 5.75 Å². The van der Waals surface area contributed by atoms with Gasteiger partial charge in [0.1, 0.15) is 11.4 Å². The number of phenolic OH excluding ortho intramolecular Hbond substituents is 1. The summed E-state index contributed by atoms with van der Waals surface area (Å²) < 4.78 is 10.2. The van der Waals surface area contributed by atoms with E-state index in [9.17, 15) is 14.7 Å². The number of fused-ring (bicyclic) bond motifs is 1. The molecule has 1 aromatic rings. The molecule has 0 saturated heterocycles. The molecule has 1 aliphatic rings. The van der Waals surface area contributed by atoms with E-state index in [1.807, 2.05) is 20.8 Å².